The Morgan fingerprint density at radius 2 is 0.487 bits per heavy atom. The number of benzene rings is 18. The molecule has 0 radical (unpaired) electrons. The number of hydrogen-bond donors (Lipinski definition) is 0. The van der Waals surface area contributed by atoms with Gasteiger partial charge >= 0.3 is 0 Å². The summed E-state index contributed by atoms with van der Waals surface area (Å²) in [6, 6.07) is 162. The first-order valence-electron chi connectivity index (χ1n) is 49.7. The van der Waals surface area contributed by atoms with Crippen molar-refractivity contribution in [2.45, 2.75) is 0 Å². The highest BCUT2D eigenvalue weighted by Gasteiger charge is 2.30. The molecule has 17 nitrogen and oxygen atoms in total. The average molecular weight is 1940 g/mol. The van der Waals surface area contributed by atoms with Crippen LogP contribution in [0.1, 0.15) is 0 Å². The average Bonchev–Trinajstić information content (AvgIpc) is 1.56. The first-order valence-corrected chi connectivity index (χ1v) is 50.5. The van der Waals surface area contributed by atoms with Crippen molar-refractivity contribution < 1.29 is 8.83 Å². The Morgan fingerprint density at radius 1 is 0.173 bits per heavy atom. The van der Waals surface area contributed by atoms with Crippen molar-refractivity contribution in [2.75, 3.05) is 0 Å². The molecule has 0 bridgehead atoms. The van der Waals surface area contributed by atoms with Crippen molar-refractivity contribution in [1.29, 1.82) is 0 Å². The lowest BCUT2D eigenvalue weighted by Gasteiger charge is -2.15. The van der Waals surface area contributed by atoms with Crippen LogP contribution in [0.5, 0.6) is 0 Å². The van der Waals surface area contributed by atoms with E-state index in [0.717, 1.165) is 194 Å². The number of rotatable bonds is 15. The molecule has 30 aromatic rings. The van der Waals surface area contributed by atoms with Crippen LogP contribution in [0.15, 0.2) is 501 Å². The highest BCUT2D eigenvalue weighted by molar-refractivity contribution is 7.26. The number of fused-ring (bicyclic) bond motifs is 20. The SMILES string of the molecule is c1ccc(-c2cnc(-n3c4ccccc4c4c5c(ccc43)sc3ccccc35)c(-c3nc(-c4ccccc4)nc(-c4ccccc4)n3)c2)cc1.c1ccc(-c2cnc(-n3c4ccccc4c4cc5c(cc43)oc3ccccc35)c(-c3nc(-c4ccccc4)nc(-c4ccccc4)n3)c2)cc1.c1ccc(-c2cnc(-n3c4ccccc4c4ccc5c6ccccc6oc5c43)c(-c3nc(-c4ccccc4)nc(-c4ccccc4)n3)c2)cc1. The van der Waals surface area contributed by atoms with E-state index in [2.05, 4.69) is 238 Å². The standard InChI is InChI=1S/2C44H27N5O.C44H27N5S/c1-4-14-28(15-5-1)31-24-36(43-47-41(29-16-6-2-7-17-29)46-42(48-43)30-18-8-3-9-19-30)44(45-27-31)49-37-22-12-10-20-32(37)34-25-35-33-21-11-13-23-39(33)50-40(35)26-38(34)49;1-4-14-28(15-5-1)31-26-36(43-47-41(29-16-6-2-7-17-29)46-42(48-43)30-18-8-3-9-19-30)44(45-27-31)49-37-22-12-10-20-32(37)34-24-25-35-33-21-11-13-23-38(33)50-40(35)39(34)49;1-4-14-28(15-5-1)31-26-34(43-47-41(29-16-6-2-7-17-29)46-42(48-43)30-18-8-3-9-19-30)44(45-27-31)49-35-22-12-10-20-32(35)39-36(49)24-25-38-40(39)33-21-11-13-23-37(33)50-38/h3*1-27H. The van der Waals surface area contributed by atoms with Crippen molar-refractivity contribution in [3.8, 4) is 153 Å². The summed E-state index contributed by atoms with van der Waals surface area (Å²) < 4.78 is 22.3. The Morgan fingerprint density at radius 3 is 0.913 bits per heavy atom. The number of hydrogen-bond acceptors (Lipinski definition) is 15. The molecule has 12 aromatic heterocycles. The van der Waals surface area contributed by atoms with Gasteiger partial charge in [-0.25, -0.2) is 59.8 Å². The summed E-state index contributed by atoms with van der Waals surface area (Å²) in [5, 5.41) is 13.7. The third-order valence-electron chi connectivity index (χ3n) is 27.9. The maximum absolute atomic E-state index is 6.66. The zero-order chi connectivity index (χ0) is 99.1. The first kappa shape index (κ1) is 87.5. The normalized spacial score (nSPS) is 11.6. The molecule has 0 aliphatic heterocycles. The fraction of sp³-hybridized carbons (Fsp3) is 0. The Hall–Kier alpha value is -20.3. The summed E-state index contributed by atoms with van der Waals surface area (Å²) in [5.41, 5.74) is 23.4. The quantitative estimate of drug-likeness (QED) is 0.0940. The molecular formula is C132H81N15O2S. The van der Waals surface area contributed by atoms with Crippen LogP contribution in [0.4, 0.5) is 0 Å². The molecular weight excluding hydrogens is 1860 g/mol. The first-order chi connectivity index (χ1) is 74.4. The molecule has 0 fully saturated rings. The maximum atomic E-state index is 6.66. The molecule has 0 saturated carbocycles. The second-order valence-corrected chi connectivity index (χ2v) is 38.0. The van der Waals surface area contributed by atoms with Crippen LogP contribution in [0, 0.1) is 0 Å². The van der Waals surface area contributed by atoms with E-state index < -0.39 is 0 Å². The highest BCUT2D eigenvalue weighted by Crippen LogP contribution is 2.49. The molecule has 12 heterocycles. The molecule has 0 aliphatic rings. The highest BCUT2D eigenvalue weighted by atomic mass is 32.1. The Bertz CT molecular complexity index is 10300. The van der Waals surface area contributed by atoms with Crippen LogP contribution in [-0.4, -0.2) is 73.5 Å². The van der Waals surface area contributed by atoms with Crippen LogP contribution < -0.4 is 0 Å². The molecule has 18 aromatic carbocycles. The number of furan rings is 2. The zero-order valence-electron chi connectivity index (χ0n) is 80.2. The monoisotopic (exact) mass is 1940 g/mol. The van der Waals surface area contributed by atoms with Crippen LogP contribution in [0.25, 0.3) is 283 Å². The molecule has 0 N–H and O–H groups in total. The molecule has 0 aliphatic carbocycles. The van der Waals surface area contributed by atoms with Gasteiger partial charge in [0.1, 0.15) is 34.2 Å². The number of nitrogens with zero attached hydrogens (tertiary/aromatic N) is 15. The lowest BCUT2D eigenvalue weighted by molar-refractivity contribution is 0.669. The summed E-state index contributed by atoms with van der Waals surface area (Å²) in [6.45, 7) is 0. The van der Waals surface area contributed by atoms with E-state index in [1.165, 1.54) is 30.9 Å². The van der Waals surface area contributed by atoms with E-state index in [1.54, 1.807) is 0 Å². The molecule has 30 rings (SSSR count). The summed E-state index contributed by atoms with van der Waals surface area (Å²) >= 11 is 1.84. The fourth-order valence-corrected chi connectivity index (χ4v) is 22.0. The maximum Gasteiger partial charge on any atom is 0.167 e. The van der Waals surface area contributed by atoms with Crippen molar-refractivity contribution >= 4 is 141 Å². The molecule has 0 unspecified atom stereocenters. The molecule has 702 valence electrons. The van der Waals surface area contributed by atoms with Gasteiger partial charge in [0.05, 0.1) is 49.8 Å². The van der Waals surface area contributed by atoms with E-state index in [1.807, 2.05) is 279 Å². The largest absolute Gasteiger partial charge is 0.456 e. The van der Waals surface area contributed by atoms with Crippen molar-refractivity contribution in [3.63, 3.8) is 0 Å². The van der Waals surface area contributed by atoms with Gasteiger partial charge in [-0.3, -0.25) is 13.7 Å². The van der Waals surface area contributed by atoms with Crippen molar-refractivity contribution in [3.05, 3.63) is 492 Å². The smallest absolute Gasteiger partial charge is 0.167 e. The molecule has 18 heteroatoms. The van der Waals surface area contributed by atoms with Gasteiger partial charge in [-0.15, -0.1) is 11.3 Å². The van der Waals surface area contributed by atoms with Gasteiger partial charge in [-0.1, -0.05) is 388 Å². The van der Waals surface area contributed by atoms with E-state index >= 15 is 0 Å². The third-order valence-corrected chi connectivity index (χ3v) is 29.0. The van der Waals surface area contributed by atoms with E-state index in [9.17, 15) is 0 Å². The third kappa shape index (κ3) is 15.6. The van der Waals surface area contributed by atoms with Gasteiger partial charge in [0, 0.05) is 149 Å². The molecule has 0 atom stereocenters. The second-order valence-electron chi connectivity index (χ2n) is 36.9. The van der Waals surface area contributed by atoms with Crippen LogP contribution in [-0.2, 0) is 0 Å². The number of thiophene rings is 1. The molecule has 0 amide bonds. The van der Waals surface area contributed by atoms with Gasteiger partial charge in [-0.05, 0) is 95.6 Å². The van der Waals surface area contributed by atoms with Gasteiger partial charge in [0.15, 0.2) is 58.0 Å². The molecule has 150 heavy (non-hydrogen) atoms. The van der Waals surface area contributed by atoms with E-state index in [4.69, 9.17) is 68.6 Å². The van der Waals surface area contributed by atoms with Gasteiger partial charge < -0.3 is 8.83 Å². The van der Waals surface area contributed by atoms with E-state index in [-0.39, 0.29) is 0 Å². The van der Waals surface area contributed by atoms with Crippen LogP contribution >= 0.6 is 11.3 Å². The Balaban J connectivity index is 0.000000108. The molecule has 0 saturated heterocycles. The minimum absolute atomic E-state index is 0.528. The predicted molar refractivity (Wildman–Crippen MR) is 609 cm³/mol. The Kier molecular flexibility index (Phi) is 21.6. The summed E-state index contributed by atoms with van der Waals surface area (Å²) in [4.78, 5) is 61.7. The summed E-state index contributed by atoms with van der Waals surface area (Å²) in [7, 11) is 0. The Labute approximate surface area is 862 Å². The number of para-hydroxylation sites is 5. The summed E-state index contributed by atoms with van der Waals surface area (Å²) in [6.07, 6.45) is 5.83. The second kappa shape index (κ2) is 37.1. The lowest BCUT2D eigenvalue weighted by Crippen LogP contribution is -2.06. The van der Waals surface area contributed by atoms with Gasteiger partial charge in [-0.2, -0.15) is 0 Å². The van der Waals surface area contributed by atoms with E-state index in [0.29, 0.717) is 58.2 Å². The van der Waals surface area contributed by atoms with Gasteiger partial charge in [0.2, 0.25) is 0 Å². The minimum atomic E-state index is 0.528. The fourth-order valence-electron chi connectivity index (χ4n) is 20.9. The topological polar surface area (TPSA) is 196 Å². The number of pyridine rings is 3. The predicted octanol–water partition coefficient (Wildman–Crippen LogP) is 33.3. The van der Waals surface area contributed by atoms with Gasteiger partial charge in [0.25, 0.3) is 0 Å². The zero-order valence-corrected chi connectivity index (χ0v) is 81.0. The summed E-state index contributed by atoms with van der Waals surface area (Å²) in [5.74, 6) is 7.40. The van der Waals surface area contributed by atoms with Crippen LogP contribution in [0.3, 0.4) is 0 Å². The van der Waals surface area contributed by atoms with Crippen LogP contribution in [0.2, 0.25) is 0 Å². The number of aromatic nitrogens is 15. The lowest BCUT2D eigenvalue weighted by atomic mass is 10.0. The minimum Gasteiger partial charge on any atom is -0.456 e. The van der Waals surface area contributed by atoms with Crippen molar-refractivity contribution in [2.24, 2.45) is 0 Å². The van der Waals surface area contributed by atoms with Crippen molar-refractivity contribution in [1.82, 2.24) is 73.5 Å². The molecule has 0 spiro atoms.